The SMILES string of the molecule is C=CCCCCC[C@H](CC(=O)OCCCC=C)C(=O)N1C[C@H](Oc2cc(-c3ccccc3)nc3cc(OC)c(C=C)cc23)C[C@H]1C(=O)C[C@]1(C(=O)NS(=O)(=O)C2CC2)C[C@H]1C=C. The monoisotopic (exact) mass is 865 g/mol. The quantitative estimate of drug-likeness (QED) is 0.0499. The Hall–Kier alpha value is -5.56. The highest BCUT2D eigenvalue weighted by Gasteiger charge is 2.61. The van der Waals surface area contributed by atoms with Crippen molar-refractivity contribution in [2.75, 3.05) is 20.3 Å². The third-order valence-corrected chi connectivity index (χ3v) is 14.0. The van der Waals surface area contributed by atoms with Crippen LogP contribution in [0.4, 0.5) is 0 Å². The van der Waals surface area contributed by atoms with Gasteiger partial charge in [-0.1, -0.05) is 74.1 Å². The van der Waals surface area contributed by atoms with Gasteiger partial charge in [-0.2, -0.15) is 0 Å². The molecule has 2 aliphatic carbocycles. The van der Waals surface area contributed by atoms with E-state index in [2.05, 4.69) is 31.0 Å². The lowest BCUT2D eigenvalue weighted by Crippen LogP contribution is -2.46. The fourth-order valence-corrected chi connectivity index (χ4v) is 9.81. The number of nitrogens with zero attached hydrogens (tertiary/aromatic N) is 2. The van der Waals surface area contributed by atoms with Crippen LogP contribution in [0.2, 0.25) is 0 Å². The van der Waals surface area contributed by atoms with Crippen LogP contribution >= 0.6 is 0 Å². The minimum Gasteiger partial charge on any atom is -0.496 e. The Bertz CT molecular complexity index is 2290. The van der Waals surface area contributed by atoms with E-state index in [-0.39, 0.29) is 44.7 Å². The molecule has 2 saturated carbocycles. The topological polar surface area (TPSA) is 158 Å². The van der Waals surface area contributed by atoms with Crippen LogP contribution in [-0.4, -0.2) is 79.5 Å². The second kappa shape index (κ2) is 20.5. The summed E-state index contributed by atoms with van der Waals surface area (Å²) in [6.07, 6.45) is 11.9. The zero-order valence-corrected chi connectivity index (χ0v) is 36.5. The molecule has 1 N–H and O–H groups in total. The highest BCUT2D eigenvalue weighted by atomic mass is 32.2. The van der Waals surface area contributed by atoms with Gasteiger partial charge in [0, 0.05) is 47.4 Å². The number of pyridine rings is 1. The first-order chi connectivity index (χ1) is 29.9. The van der Waals surface area contributed by atoms with Crippen molar-refractivity contribution < 1.29 is 41.8 Å². The lowest BCUT2D eigenvalue weighted by atomic mass is 9.90. The summed E-state index contributed by atoms with van der Waals surface area (Å²) in [5, 5.41) is 0.0441. The van der Waals surface area contributed by atoms with E-state index in [9.17, 15) is 27.6 Å². The maximum atomic E-state index is 14.9. The Morgan fingerprint density at radius 3 is 2.37 bits per heavy atom. The predicted molar refractivity (Wildman–Crippen MR) is 241 cm³/mol. The number of esters is 1. The van der Waals surface area contributed by atoms with Crippen molar-refractivity contribution in [1.29, 1.82) is 0 Å². The van der Waals surface area contributed by atoms with Gasteiger partial charge >= 0.3 is 5.97 Å². The summed E-state index contributed by atoms with van der Waals surface area (Å²) in [5.41, 5.74) is 1.49. The van der Waals surface area contributed by atoms with E-state index >= 15 is 0 Å². The number of hydrogen-bond acceptors (Lipinski definition) is 10. The largest absolute Gasteiger partial charge is 0.496 e. The highest BCUT2D eigenvalue weighted by Crippen LogP contribution is 2.57. The Balaban J connectivity index is 1.34. The third-order valence-electron chi connectivity index (χ3n) is 12.2. The fourth-order valence-electron chi connectivity index (χ4n) is 8.43. The molecular formula is C49H59N3O9S. The van der Waals surface area contributed by atoms with Crippen LogP contribution in [-0.2, 0) is 33.9 Å². The number of benzene rings is 2. The normalized spacial score (nSPS) is 21.0. The van der Waals surface area contributed by atoms with Crippen molar-refractivity contribution in [3.63, 3.8) is 0 Å². The van der Waals surface area contributed by atoms with E-state index in [0.717, 1.165) is 30.4 Å². The minimum atomic E-state index is -3.89. The van der Waals surface area contributed by atoms with Gasteiger partial charge in [-0.25, -0.2) is 13.4 Å². The molecule has 6 rings (SSSR count). The van der Waals surface area contributed by atoms with Crippen LogP contribution in [0.1, 0.15) is 89.0 Å². The number of ketones is 1. The van der Waals surface area contributed by atoms with Crippen molar-refractivity contribution in [2.45, 2.75) is 101 Å². The summed E-state index contributed by atoms with van der Waals surface area (Å²) < 4.78 is 46.0. The number of amides is 2. The smallest absolute Gasteiger partial charge is 0.306 e. The van der Waals surface area contributed by atoms with Crippen LogP contribution in [0.3, 0.4) is 0 Å². The van der Waals surface area contributed by atoms with Crippen LogP contribution in [0.25, 0.3) is 28.2 Å². The van der Waals surface area contributed by atoms with Gasteiger partial charge in [-0.15, -0.1) is 19.7 Å². The van der Waals surface area contributed by atoms with E-state index in [0.29, 0.717) is 66.6 Å². The molecule has 3 aliphatic rings. The van der Waals surface area contributed by atoms with Crippen molar-refractivity contribution >= 4 is 50.6 Å². The van der Waals surface area contributed by atoms with E-state index in [1.165, 1.54) is 4.90 Å². The average molecular weight is 866 g/mol. The van der Waals surface area contributed by atoms with Gasteiger partial charge in [0.25, 0.3) is 0 Å². The molecule has 62 heavy (non-hydrogen) atoms. The number of Topliss-reactive ketones (excluding diaryl/α,β-unsaturated/α-hetero) is 1. The number of carbonyl (C=O) groups is 4. The first-order valence-electron chi connectivity index (χ1n) is 21.6. The number of likely N-dealkylation sites (tertiary alicyclic amines) is 1. The molecule has 0 unspecified atom stereocenters. The molecule has 1 aromatic heterocycles. The minimum absolute atomic E-state index is 0.0195. The van der Waals surface area contributed by atoms with Crippen molar-refractivity contribution in [1.82, 2.24) is 14.6 Å². The van der Waals surface area contributed by atoms with Crippen molar-refractivity contribution in [3.05, 3.63) is 98.6 Å². The zero-order chi connectivity index (χ0) is 44.4. The summed E-state index contributed by atoms with van der Waals surface area (Å²) in [6.45, 7) is 15.6. The average Bonchev–Trinajstić information content (AvgIpc) is 4.21. The first-order valence-corrected chi connectivity index (χ1v) is 23.2. The number of sulfonamides is 1. The molecule has 330 valence electrons. The summed E-state index contributed by atoms with van der Waals surface area (Å²) in [6, 6.07) is 14.1. The van der Waals surface area contributed by atoms with Crippen LogP contribution in [0.5, 0.6) is 11.5 Å². The van der Waals surface area contributed by atoms with E-state index in [1.54, 1.807) is 25.3 Å². The molecule has 12 nitrogen and oxygen atoms in total. The van der Waals surface area contributed by atoms with E-state index < -0.39 is 62.3 Å². The number of nitrogens with one attached hydrogen (secondary N) is 1. The number of hydrogen-bond donors (Lipinski definition) is 1. The van der Waals surface area contributed by atoms with Gasteiger partial charge in [-0.05, 0) is 63.4 Å². The number of allylic oxidation sites excluding steroid dienone is 3. The second-order valence-corrected chi connectivity index (χ2v) is 18.6. The van der Waals surface area contributed by atoms with Crippen LogP contribution in [0, 0.1) is 17.3 Å². The lowest BCUT2D eigenvalue weighted by Gasteiger charge is -2.29. The molecule has 1 saturated heterocycles. The number of carbonyl (C=O) groups excluding carboxylic acids is 4. The summed E-state index contributed by atoms with van der Waals surface area (Å²) in [5.74, 6) is -2.16. The molecule has 2 amide bonds. The van der Waals surface area contributed by atoms with Gasteiger partial charge in [0.05, 0.1) is 54.6 Å². The summed E-state index contributed by atoms with van der Waals surface area (Å²) in [4.78, 5) is 63.0. The zero-order valence-electron chi connectivity index (χ0n) is 35.7. The van der Waals surface area contributed by atoms with Crippen LogP contribution in [0.15, 0.2) is 93.1 Å². The molecule has 5 atom stereocenters. The summed E-state index contributed by atoms with van der Waals surface area (Å²) >= 11 is 0. The molecule has 2 heterocycles. The van der Waals surface area contributed by atoms with Gasteiger partial charge in [0.2, 0.25) is 21.8 Å². The number of ether oxygens (including phenoxy) is 3. The lowest BCUT2D eigenvalue weighted by molar-refractivity contribution is -0.150. The van der Waals surface area contributed by atoms with Crippen molar-refractivity contribution in [2.24, 2.45) is 17.3 Å². The van der Waals surface area contributed by atoms with Gasteiger partial charge in [0.1, 0.15) is 17.6 Å². The molecule has 0 radical (unpaired) electrons. The van der Waals surface area contributed by atoms with Gasteiger partial charge in [-0.3, -0.25) is 23.9 Å². The summed E-state index contributed by atoms with van der Waals surface area (Å²) in [7, 11) is -2.31. The molecular weight excluding hydrogens is 807 g/mol. The number of rotatable bonds is 25. The maximum Gasteiger partial charge on any atom is 0.306 e. The maximum absolute atomic E-state index is 14.9. The Morgan fingerprint density at radius 1 is 0.968 bits per heavy atom. The van der Waals surface area contributed by atoms with E-state index in [1.807, 2.05) is 54.6 Å². The molecule has 13 heteroatoms. The molecule has 3 fully saturated rings. The second-order valence-electron chi connectivity index (χ2n) is 16.7. The number of fused-ring (bicyclic) bond motifs is 1. The fraction of sp³-hybridized carbons (Fsp3) is 0.449. The molecule has 0 spiro atoms. The number of unbranched alkanes of at least 4 members (excludes halogenated alkanes) is 4. The molecule has 0 bridgehead atoms. The highest BCUT2D eigenvalue weighted by molar-refractivity contribution is 7.90. The molecule has 2 aromatic carbocycles. The Morgan fingerprint density at radius 2 is 1.71 bits per heavy atom. The molecule has 1 aliphatic heterocycles. The number of aromatic nitrogens is 1. The third kappa shape index (κ3) is 10.9. The van der Waals surface area contributed by atoms with Gasteiger partial charge < -0.3 is 19.1 Å². The van der Waals surface area contributed by atoms with E-state index in [4.69, 9.17) is 19.2 Å². The van der Waals surface area contributed by atoms with Gasteiger partial charge in [0.15, 0.2) is 5.78 Å². The van der Waals surface area contributed by atoms with Crippen LogP contribution < -0.4 is 14.2 Å². The first kappa shape index (κ1) is 46.0. The Labute approximate surface area is 365 Å². The predicted octanol–water partition coefficient (Wildman–Crippen LogP) is 8.31. The van der Waals surface area contributed by atoms with Crippen molar-refractivity contribution in [3.8, 4) is 22.8 Å². The molecule has 3 aromatic rings. The Kier molecular flexibility index (Phi) is 15.2. The standard InChI is InChI=1S/C49H59N3O9S/c1-6-10-12-13-15-21-35(26-46(54)60-24-18-11-7-2)47(55)52-32-37(27-42(52)43(53)31-49(30-36(49)9-4)48(56)51-62(57,58)38-22-23-38)61-45-28-40(34-19-16-14-17-20-34)50-41-29-44(59-5)33(8-3)25-39(41)45/h6-9,14,16-17,19-20,25,28-29,35-38,42H,1-4,10-13,15,18,21-24,26-27,30-32H2,5H3,(H,51,56)/t35-,36-,37-,42+,49-/m1/s1. The number of methoxy groups -OCH3 is 1.